The first-order valence-electron chi connectivity index (χ1n) is 11.4. The number of benzene rings is 2. The number of rotatable bonds is 7. The highest BCUT2D eigenvalue weighted by atomic mass is 32.2. The maximum absolute atomic E-state index is 12.7. The lowest BCUT2D eigenvalue weighted by Crippen LogP contribution is -2.29. The van der Waals surface area contributed by atoms with Gasteiger partial charge in [-0.1, -0.05) is 6.07 Å². The second-order valence-electron chi connectivity index (χ2n) is 8.36. The Morgan fingerprint density at radius 2 is 1.55 bits per heavy atom. The maximum atomic E-state index is 12.7. The Bertz CT molecular complexity index is 1090. The van der Waals surface area contributed by atoms with Crippen LogP contribution in [0.15, 0.2) is 53.4 Å². The molecule has 0 saturated carbocycles. The molecule has 2 aromatic rings. The van der Waals surface area contributed by atoms with E-state index in [9.17, 15) is 18.0 Å². The topological polar surface area (TPSA) is 96.0 Å². The van der Waals surface area contributed by atoms with Gasteiger partial charge in [0.25, 0.3) is 5.91 Å². The van der Waals surface area contributed by atoms with E-state index in [1.54, 1.807) is 0 Å². The molecular formula is C24H29N3O5S. The molecule has 1 amide bonds. The van der Waals surface area contributed by atoms with Crippen LogP contribution in [-0.2, 0) is 19.6 Å². The summed E-state index contributed by atoms with van der Waals surface area (Å²) in [4.78, 5) is 27.0. The number of carbonyl (C=O) groups excluding carboxylic acids is 2. The second kappa shape index (κ2) is 10.4. The molecule has 9 heteroatoms. The van der Waals surface area contributed by atoms with Crippen molar-refractivity contribution in [3.8, 4) is 0 Å². The van der Waals surface area contributed by atoms with Gasteiger partial charge in [-0.05, 0) is 74.6 Å². The lowest BCUT2D eigenvalue weighted by Gasteiger charge is -2.28. The first-order valence-corrected chi connectivity index (χ1v) is 12.8. The fourth-order valence-corrected chi connectivity index (χ4v) is 5.74. The van der Waals surface area contributed by atoms with Crippen LogP contribution in [0, 0.1) is 0 Å². The molecular weight excluding hydrogens is 442 g/mol. The summed E-state index contributed by atoms with van der Waals surface area (Å²) < 4.78 is 31.9. The van der Waals surface area contributed by atoms with Crippen LogP contribution in [0.4, 0.5) is 11.4 Å². The van der Waals surface area contributed by atoms with Crippen molar-refractivity contribution in [1.82, 2.24) is 4.31 Å². The van der Waals surface area contributed by atoms with Crippen molar-refractivity contribution in [2.75, 3.05) is 43.0 Å². The van der Waals surface area contributed by atoms with Crippen molar-refractivity contribution >= 4 is 33.3 Å². The lowest BCUT2D eigenvalue weighted by atomic mass is 10.1. The van der Waals surface area contributed by atoms with Crippen LogP contribution in [0.1, 0.15) is 42.5 Å². The average molecular weight is 472 g/mol. The highest BCUT2D eigenvalue weighted by Gasteiger charge is 2.27. The van der Waals surface area contributed by atoms with Crippen molar-refractivity contribution in [2.24, 2.45) is 0 Å². The molecule has 2 aromatic carbocycles. The summed E-state index contributed by atoms with van der Waals surface area (Å²) >= 11 is 0. The second-order valence-corrected chi connectivity index (χ2v) is 10.3. The highest BCUT2D eigenvalue weighted by Crippen LogP contribution is 2.23. The molecule has 0 bridgehead atoms. The van der Waals surface area contributed by atoms with Gasteiger partial charge in [0.2, 0.25) is 10.0 Å². The number of piperidine rings is 1. The van der Waals surface area contributed by atoms with Crippen LogP contribution in [0.2, 0.25) is 0 Å². The molecule has 33 heavy (non-hydrogen) atoms. The van der Waals surface area contributed by atoms with E-state index in [0.717, 1.165) is 31.6 Å². The number of hydrogen-bond acceptors (Lipinski definition) is 6. The molecule has 4 rings (SSSR count). The van der Waals surface area contributed by atoms with E-state index >= 15 is 0 Å². The Hall–Kier alpha value is -2.91. The maximum Gasteiger partial charge on any atom is 0.338 e. The van der Waals surface area contributed by atoms with Crippen molar-refractivity contribution in [3.63, 3.8) is 0 Å². The van der Waals surface area contributed by atoms with Gasteiger partial charge in [-0.15, -0.1) is 0 Å². The summed E-state index contributed by atoms with van der Waals surface area (Å²) in [6.45, 7) is 2.59. The number of sulfonamides is 1. The normalized spacial score (nSPS) is 17.0. The Balaban J connectivity index is 1.31. The quantitative estimate of drug-likeness (QED) is 0.623. The molecule has 0 radical (unpaired) electrons. The van der Waals surface area contributed by atoms with E-state index in [2.05, 4.69) is 10.2 Å². The molecule has 2 saturated heterocycles. The SMILES string of the molecule is O=C(COC(=O)c1cccc(S(=O)(=O)N2CCCC2)c1)Nc1ccc(N2CCCCC2)cc1. The van der Waals surface area contributed by atoms with Crippen LogP contribution in [-0.4, -0.2) is 57.4 Å². The number of esters is 1. The summed E-state index contributed by atoms with van der Waals surface area (Å²) in [7, 11) is -3.64. The van der Waals surface area contributed by atoms with Crippen molar-refractivity contribution in [1.29, 1.82) is 0 Å². The van der Waals surface area contributed by atoms with Gasteiger partial charge in [-0.3, -0.25) is 4.79 Å². The van der Waals surface area contributed by atoms with Gasteiger partial charge in [-0.25, -0.2) is 13.2 Å². The van der Waals surface area contributed by atoms with Gasteiger partial charge in [0.1, 0.15) is 0 Å². The number of nitrogens with one attached hydrogen (secondary N) is 1. The summed E-state index contributed by atoms with van der Waals surface area (Å²) in [5, 5.41) is 2.71. The smallest absolute Gasteiger partial charge is 0.338 e. The van der Waals surface area contributed by atoms with Gasteiger partial charge >= 0.3 is 5.97 Å². The molecule has 0 aromatic heterocycles. The van der Waals surface area contributed by atoms with Gasteiger partial charge in [0.05, 0.1) is 10.5 Å². The number of carbonyl (C=O) groups is 2. The van der Waals surface area contributed by atoms with E-state index < -0.39 is 28.5 Å². The molecule has 2 fully saturated rings. The fourth-order valence-electron chi connectivity index (χ4n) is 4.18. The summed E-state index contributed by atoms with van der Waals surface area (Å²) in [6.07, 6.45) is 5.31. The predicted molar refractivity (Wildman–Crippen MR) is 126 cm³/mol. The summed E-state index contributed by atoms with van der Waals surface area (Å²) in [5.74, 6) is -1.21. The number of anilines is 2. The minimum absolute atomic E-state index is 0.0529. The van der Waals surface area contributed by atoms with Crippen LogP contribution in [0.5, 0.6) is 0 Å². The van der Waals surface area contributed by atoms with Crippen LogP contribution in [0.25, 0.3) is 0 Å². The zero-order chi connectivity index (χ0) is 23.3. The summed E-state index contributed by atoms with van der Waals surface area (Å²) in [6, 6.07) is 13.3. The van der Waals surface area contributed by atoms with Gasteiger partial charge in [-0.2, -0.15) is 4.31 Å². The zero-order valence-electron chi connectivity index (χ0n) is 18.5. The Morgan fingerprint density at radius 1 is 0.879 bits per heavy atom. The number of ether oxygens (including phenoxy) is 1. The van der Waals surface area contributed by atoms with E-state index in [1.165, 1.54) is 47.8 Å². The third-order valence-corrected chi connectivity index (χ3v) is 7.87. The molecule has 0 unspecified atom stereocenters. The van der Waals surface area contributed by atoms with E-state index in [-0.39, 0.29) is 10.5 Å². The highest BCUT2D eigenvalue weighted by molar-refractivity contribution is 7.89. The minimum atomic E-state index is -3.64. The molecule has 2 aliphatic heterocycles. The van der Waals surface area contributed by atoms with Crippen molar-refractivity contribution in [3.05, 3.63) is 54.1 Å². The molecule has 0 atom stereocenters. The molecule has 0 spiro atoms. The van der Waals surface area contributed by atoms with Crippen LogP contribution in [0.3, 0.4) is 0 Å². The number of nitrogens with zero attached hydrogens (tertiary/aromatic N) is 2. The van der Waals surface area contributed by atoms with Crippen LogP contribution >= 0.6 is 0 Å². The Kier molecular flexibility index (Phi) is 7.29. The fraction of sp³-hybridized carbons (Fsp3) is 0.417. The third kappa shape index (κ3) is 5.72. The molecule has 0 aliphatic carbocycles. The minimum Gasteiger partial charge on any atom is -0.452 e. The van der Waals surface area contributed by atoms with E-state index in [0.29, 0.717) is 18.8 Å². The monoisotopic (exact) mass is 471 g/mol. The molecule has 8 nitrogen and oxygen atoms in total. The largest absolute Gasteiger partial charge is 0.452 e. The van der Waals surface area contributed by atoms with Gasteiger partial charge in [0.15, 0.2) is 6.61 Å². The Labute approximate surface area is 194 Å². The van der Waals surface area contributed by atoms with E-state index in [1.807, 2.05) is 24.3 Å². The number of hydrogen-bond donors (Lipinski definition) is 1. The average Bonchev–Trinajstić information content (AvgIpc) is 3.40. The van der Waals surface area contributed by atoms with Crippen molar-refractivity contribution in [2.45, 2.75) is 37.0 Å². The zero-order valence-corrected chi connectivity index (χ0v) is 19.4. The lowest BCUT2D eigenvalue weighted by molar-refractivity contribution is -0.119. The van der Waals surface area contributed by atoms with Crippen LogP contribution < -0.4 is 10.2 Å². The summed E-state index contributed by atoms with van der Waals surface area (Å²) in [5.41, 5.74) is 1.84. The van der Waals surface area contributed by atoms with E-state index in [4.69, 9.17) is 4.74 Å². The van der Waals surface area contributed by atoms with Crippen molar-refractivity contribution < 1.29 is 22.7 Å². The first-order chi connectivity index (χ1) is 15.9. The van der Waals surface area contributed by atoms with Gasteiger partial charge < -0.3 is 15.0 Å². The first kappa shape index (κ1) is 23.3. The molecule has 2 aliphatic rings. The Morgan fingerprint density at radius 3 is 2.24 bits per heavy atom. The number of amides is 1. The third-order valence-electron chi connectivity index (χ3n) is 5.98. The van der Waals surface area contributed by atoms with Gasteiger partial charge in [0, 0.05) is 37.6 Å². The molecule has 1 N–H and O–H groups in total. The predicted octanol–water partition coefficient (Wildman–Crippen LogP) is 3.26. The molecule has 176 valence electrons. The molecule has 2 heterocycles. The standard InChI is InChI=1S/C24H29N3O5S/c28-23(25-20-9-11-21(12-10-20)26-13-2-1-3-14-26)18-32-24(29)19-7-6-8-22(17-19)33(30,31)27-15-4-5-16-27/h6-12,17H,1-5,13-16,18H2,(H,25,28).